The first-order valence-corrected chi connectivity index (χ1v) is 10.5. The molecule has 3 amide bonds. The van der Waals surface area contributed by atoms with Crippen LogP contribution in [-0.4, -0.2) is 44.4 Å². The topological polar surface area (TPSA) is 92.2 Å². The first-order valence-electron chi connectivity index (χ1n) is 10.5. The van der Waals surface area contributed by atoms with Gasteiger partial charge in [0.2, 0.25) is 0 Å². The Morgan fingerprint density at radius 2 is 1.88 bits per heavy atom. The number of carbonyl (C=O) groups excluding carboxylic acids is 2. The number of halogens is 1. The van der Waals surface area contributed by atoms with E-state index in [9.17, 15) is 14.0 Å². The maximum atomic E-state index is 13.1. The second-order valence-electron chi connectivity index (χ2n) is 8.09. The molecule has 0 unspecified atom stereocenters. The second kappa shape index (κ2) is 8.78. The molecule has 1 aliphatic heterocycles. The minimum atomic E-state index is -0.415. The molecule has 0 radical (unpaired) electrons. The van der Waals surface area contributed by atoms with Crippen molar-refractivity contribution in [3.8, 4) is 5.69 Å². The third-order valence-electron chi connectivity index (χ3n) is 5.38. The maximum Gasteiger partial charge on any atom is 0.317 e. The van der Waals surface area contributed by atoms with Crippen molar-refractivity contribution >= 4 is 17.6 Å². The van der Waals surface area contributed by atoms with Gasteiger partial charge in [0.15, 0.2) is 5.69 Å². The first-order chi connectivity index (χ1) is 15.3. The number of aromatic nitrogens is 3. The van der Waals surface area contributed by atoms with Crippen LogP contribution in [0.1, 0.15) is 41.2 Å². The fourth-order valence-corrected chi connectivity index (χ4v) is 3.79. The molecule has 0 aliphatic carbocycles. The summed E-state index contributed by atoms with van der Waals surface area (Å²) in [4.78, 5) is 26.9. The molecule has 3 aromatic rings. The molecular weight excluding hydrogens is 411 g/mol. The van der Waals surface area contributed by atoms with Crippen LogP contribution in [0.2, 0.25) is 0 Å². The molecule has 1 aromatic heterocycles. The van der Waals surface area contributed by atoms with Crippen molar-refractivity contribution in [2.75, 3.05) is 11.9 Å². The van der Waals surface area contributed by atoms with Crippen molar-refractivity contribution in [3.05, 3.63) is 70.8 Å². The summed E-state index contributed by atoms with van der Waals surface area (Å²) in [6.45, 7) is 6.75. The molecule has 0 saturated heterocycles. The van der Waals surface area contributed by atoms with E-state index in [1.165, 1.54) is 24.3 Å². The number of carbonyl (C=O) groups is 2. The fraction of sp³-hybridized carbons (Fsp3) is 0.304. The zero-order valence-electron chi connectivity index (χ0n) is 18.2. The van der Waals surface area contributed by atoms with Crippen LogP contribution in [0.15, 0.2) is 42.5 Å². The quantitative estimate of drug-likeness (QED) is 0.655. The maximum absolute atomic E-state index is 13.1. The highest BCUT2D eigenvalue weighted by Crippen LogP contribution is 2.26. The number of urea groups is 1. The summed E-state index contributed by atoms with van der Waals surface area (Å²) in [5.74, 6) is -0.791. The van der Waals surface area contributed by atoms with Crippen LogP contribution >= 0.6 is 0 Å². The molecule has 0 bridgehead atoms. The smallest absolute Gasteiger partial charge is 0.317 e. The van der Waals surface area contributed by atoms with Crippen LogP contribution < -0.4 is 10.6 Å². The number of amides is 3. The monoisotopic (exact) mass is 436 g/mol. The van der Waals surface area contributed by atoms with Gasteiger partial charge in [0.1, 0.15) is 5.82 Å². The highest BCUT2D eigenvalue weighted by molar-refractivity contribution is 6.03. The summed E-state index contributed by atoms with van der Waals surface area (Å²) in [6.07, 6.45) is 0.674. The van der Waals surface area contributed by atoms with E-state index in [-0.39, 0.29) is 23.6 Å². The molecule has 0 fully saturated rings. The van der Waals surface area contributed by atoms with Crippen LogP contribution in [0.3, 0.4) is 0 Å². The summed E-state index contributed by atoms with van der Waals surface area (Å²) in [5.41, 5.74) is 4.23. The number of hydrogen-bond acceptors (Lipinski definition) is 4. The molecule has 2 N–H and O–H groups in total. The van der Waals surface area contributed by atoms with E-state index in [4.69, 9.17) is 0 Å². The second-order valence-corrected chi connectivity index (χ2v) is 8.09. The Kier molecular flexibility index (Phi) is 5.89. The number of benzene rings is 2. The van der Waals surface area contributed by atoms with Gasteiger partial charge in [-0.3, -0.25) is 4.79 Å². The van der Waals surface area contributed by atoms with E-state index in [1.807, 2.05) is 32.0 Å². The van der Waals surface area contributed by atoms with E-state index in [0.717, 1.165) is 16.8 Å². The first kappa shape index (κ1) is 21.5. The summed E-state index contributed by atoms with van der Waals surface area (Å²) in [7, 11) is 0. The van der Waals surface area contributed by atoms with Gasteiger partial charge < -0.3 is 15.5 Å². The largest absolute Gasteiger partial charge is 0.336 e. The van der Waals surface area contributed by atoms with E-state index < -0.39 is 5.91 Å². The van der Waals surface area contributed by atoms with Gasteiger partial charge >= 0.3 is 6.03 Å². The van der Waals surface area contributed by atoms with Crippen molar-refractivity contribution in [3.63, 3.8) is 0 Å². The Bertz CT molecular complexity index is 1160. The summed E-state index contributed by atoms with van der Waals surface area (Å²) in [6, 6.07) is 11.4. The Labute approximate surface area is 185 Å². The Hall–Kier alpha value is -3.75. The van der Waals surface area contributed by atoms with Gasteiger partial charge in [-0.05, 0) is 68.7 Å². The van der Waals surface area contributed by atoms with E-state index in [1.54, 1.807) is 16.5 Å². The third-order valence-corrected chi connectivity index (χ3v) is 5.38. The van der Waals surface area contributed by atoms with Gasteiger partial charge in [-0.25, -0.2) is 13.9 Å². The number of rotatable bonds is 4. The van der Waals surface area contributed by atoms with Crippen LogP contribution in [-0.2, 0) is 13.0 Å². The van der Waals surface area contributed by atoms with Crippen molar-refractivity contribution in [1.29, 1.82) is 0 Å². The summed E-state index contributed by atoms with van der Waals surface area (Å²) in [5, 5.41) is 13.9. The lowest BCUT2D eigenvalue weighted by atomic mass is 9.98. The van der Waals surface area contributed by atoms with Crippen molar-refractivity contribution in [2.24, 2.45) is 0 Å². The molecule has 32 heavy (non-hydrogen) atoms. The number of hydrogen-bond donors (Lipinski definition) is 2. The number of anilines is 1. The average molecular weight is 436 g/mol. The molecule has 0 atom stereocenters. The van der Waals surface area contributed by atoms with Gasteiger partial charge in [-0.15, -0.1) is 5.10 Å². The van der Waals surface area contributed by atoms with Crippen molar-refractivity contribution in [2.45, 2.75) is 39.8 Å². The lowest BCUT2D eigenvalue weighted by molar-refractivity contribution is 0.102. The SMILES string of the molecule is Cc1c(C(=O)Nc2ccc(F)cc2)nnn1-c1cccc2c1CCN(C(=O)NC(C)C)C2. The van der Waals surface area contributed by atoms with E-state index in [0.29, 0.717) is 30.9 Å². The Morgan fingerprint density at radius 3 is 2.59 bits per heavy atom. The van der Waals surface area contributed by atoms with E-state index in [2.05, 4.69) is 20.9 Å². The minimum Gasteiger partial charge on any atom is -0.336 e. The van der Waals surface area contributed by atoms with Crippen LogP contribution in [0, 0.1) is 12.7 Å². The van der Waals surface area contributed by atoms with Crippen molar-refractivity contribution in [1.82, 2.24) is 25.2 Å². The van der Waals surface area contributed by atoms with Crippen molar-refractivity contribution < 1.29 is 14.0 Å². The zero-order chi connectivity index (χ0) is 22.8. The Morgan fingerprint density at radius 1 is 1.12 bits per heavy atom. The zero-order valence-corrected chi connectivity index (χ0v) is 18.2. The lowest BCUT2D eigenvalue weighted by Gasteiger charge is -2.30. The summed E-state index contributed by atoms with van der Waals surface area (Å²) >= 11 is 0. The van der Waals surface area contributed by atoms with Gasteiger partial charge in [0.05, 0.1) is 11.4 Å². The molecule has 4 rings (SSSR count). The molecule has 1 aliphatic rings. The molecule has 0 saturated carbocycles. The molecule has 2 heterocycles. The molecule has 2 aromatic carbocycles. The lowest BCUT2D eigenvalue weighted by Crippen LogP contribution is -2.45. The predicted octanol–water partition coefficient (Wildman–Crippen LogP) is 3.44. The minimum absolute atomic E-state index is 0.0762. The van der Waals surface area contributed by atoms with Gasteiger partial charge in [-0.1, -0.05) is 17.3 Å². The molecule has 0 spiro atoms. The predicted molar refractivity (Wildman–Crippen MR) is 118 cm³/mol. The standard InChI is InChI=1S/C23H25FN6O2/c1-14(2)25-23(32)29-12-11-19-16(13-29)5-4-6-20(19)30-15(3)21(27-28-30)22(31)26-18-9-7-17(24)8-10-18/h4-10,14H,11-13H2,1-3H3,(H,25,32)(H,26,31). The number of fused-ring (bicyclic) bond motifs is 1. The molecule has 9 heteroatoms. The highest BCUT2D eigenvalue weighted by Gasteiger charge is 2.25. The van der Waals surface area contributed by atoms with Crippen LogP contribution in [0.25, 0.3) is 5.69 Å². The fourth-order valence-electron chi connectivity index (χ4n) is 3.79. The van der Waals surface area contributed by atoms with Gasteiger partial charge in [-0.2, -0.15) is 0 Å². The van der Waals surface area contributed by atoms with E-state index >= 15 is 0 Å². The van der Waals surface area contributed by atoms with Crippen LogP contribution in [0.5, 0.6) is 0 Å². The van der Waals surface area contributed by atoms with Crippen LogP contribution in [0.4, 0.5) is 14.9 Å². The molecule has 8 nitrogen and oxygen atoms in total. The van der Waals surface area contributed by atoms with Gasteiger partial charge in [0, 0.05) is 24.8 Å². The number of nitrogens with zero attached hydrogens (tertiary/aromatic N) is 4. The number of nitrogens with one attached hydrogen (secondary N) is 2. The Balaban J connectivity index is 1.57. The third kappa shape index (κ3) is 4.32. The normalized spacial score (nSPS) is 13.1. The molecular formula is C23H25FN6O2. The van der Waals surface area contributed by atoms with Gasteiger partial charge in [0.25, 0.3) is 5.91 Å². The average Bonchev–Trinajstić information content (AvgIpc) is 3.15. The summed E-state index contributed by atoms with van der Waals surface area (Å²) < 4.78 is 14.8. The highest BCUT2D eigenvalue weighted by atomic mass is 19.1. The molecule has 166 valence electrons.